The smallest absolute Gasteiger partial charge is 0.329 e. The van der Waals surface area contributed by atoms with Crippen LogP contribution in [0.4, 0.5) is 0 Å². The summed E-state index contributed by atoms with van der Waals surface area (Å²) in [7, 11) is 0. The lowest BCUT2D eigenvalue weighted by molar-refractivity contribution is -0.122. The van der Waals surface area contributed by atoms with E-state index in [4.69, 9.17) is 5.73 Å². The summed E-state index contributed by atoms with van der Waals surface area (Å²) >= 11 is 0. The van der Waals surface area contributed by atoms with E-state index in [0.717, 1.165) is 30.3 Å². The molecule has 1 fully saturated rings. The van der Waals surface area contributed by atoms with Crippen LogP contribution in [-0.4, -0.2) is 27.5 Å². The minimum absolute atomic E-state index is 0.0672. The van der Waals surface area contributed by atoms with Crippen LogP contribution in [0.3, 0.4) is 0 Å². The third kappa shape index (κ3) is 3.34. The number of carbonyl (C=O) groups is 1. The number of amides is 1. The standard InChI is InChI=1S/C16H20N4O3/c17-10-5-7-11(8-6-10)18-14(21)9-20-15(22)12-3-1-2-4-13(12)19-16(20)23/h1-4,10-11H,5-9,17H2,(H,18,21)(H,19,23). The Morgan fingerprint density at radius 3 is 2.65 bits per heavy atom. The maximum absolute atomic E-state index is 12.4. The lowest BCUT2D eigenvalue weighted by atomic mass is 9.92. The van der Waals surface area contributed by atoms with E-state index >= 15 is 0 Å². The molecule has 2 aromatic rings. The molecule has 7 nitrogen and oxygen atoms in total. The SMILES string of the molecule is NC1CCC(NC(=O)Cn2c(=O)[nH]c3ccccc3c2=O)CC1. The number of H-pyrrole nitrogens is 1. The van der Waals surface area contributed by atoms with Gasteiger partial charge in [-0.1, -0.05) is 12.1 Å². The van der Waals surface area contributed by atoms with Crippen LogP contribution in [0.5, 0.6) is 0 Å². The Balaban J connectivity index is 1.77. The van der Waals surface area contributed by atoms with Crippen LogP contribution in [0, 0.1) is 0 Å². The average Bonchev–Trinajstić information content (AvgIpc) is 2.54. The van der Waals surface area contributed by atoms with E-state index in [2.05, 4.69) is 10.3 Å². The van der Waals surface area contributed by atoms with E-state index in [-0.39, 0.29) is 24.5 Å². The number of fused-ring (bicyclic) bond motifs is 1. The highest BCUT2D eigenvalue weighted by Crippen LogP contribution is 2.16. The summed E-state index contributed by atoms with van der Waals surface area (Å²) in [6.45, 7) is -0.276. The zero-order valence-corrected chi connectivity index (χ0v) is 12.7. The van der Waals surface area contributed by atoms with Crippen molar-refractivity contribution >= 4 is 16.8 Å². The first-order chi connectivity index (χ1) is 11.0. The molecule has 1 heterocycles. The first-order valence-electron chi connectivity index (χ1n) is 7.81. The molecule has 0 atom stereocenters. The van der Waals surface area contributed by atoms with Crippen LogP contribution in [0.15, 0.2) is 33.9 Å². The number of carbonyl (C=O) groups excluding carboxylic acids is 1. The van der Waals surface area contributed by atoms with Gasteiger partial charge in [-0.2, -0.15) is 0 Å². The second-order valence-corrected chi connectivity index (χ2v) is 6.05. The number of para-hydroxylation sites is 1. The van der Waals surface area contributed by atoms with Crippen molar-refractivity contribution in [3.05, 3.63) is 45.1 Å². The Kier molecular flexibility index (Phi) is 4.29. The summed E-state index contributed by atoms with van der Waals surface area (Å²) in [5.41, 5.74) is 5.28. The van der Waals surface area contributed by atoms with Crippen molar-refractivity contribution in [1.29, 1.82) is 0 Å². The molecule has 1 aliphatic carbocycles. The van der Waals surface area contributed by atoms with E-state index < -0.39 is 11.2 Å². The van der Waals surface area contributed by atoms with Gasteiger partial charge in [-0.3, -0.25) is 14.2 Å². The Labute approximate surface area is 132 Å². The van der Waals surface area contributed by atoms with Gasteiger partial charge in [0.05, 0.1) is 10.9 Å². The average molecular weight is 316 g/mol. The number of nitrogens with two attached hydrogens (primary N) is 1. The highest BCUT2D eigenvalue weighted by molar-refractivity contribution is 5.79. The van der Waals surface area contributed by atoms with Crippen LogP contribution in [0.25, 0.3) is 10.9 Å². The minimum Gasteiger partial charge on any atom is -0.352 e. The van der Waals surface area contributed by atoms with Crippen molar-refractivity contribution in [1.82, 2.24) is 14.9 Å². The molecule has 4 N–H and O–H groups in total. The maximum atomic E-state index is 12.4. The summed E-state index contributed by atoms with van der Waals surface area (Å²) in [5.74, 6) is -0.326. The maximum Gasteiger partial charge on any atom is 0.329 e. The van der Waals surface area contributed by atoms with Crippen molar-refractivity contribution in [3.8, 4) is 0 Å². The molecule has 1 saturated carbocycles. The van der Waals surface area contributed by atoms with E-state index in [0.29, 0.717) is 10.9 Å². The van der Waals surface area contributed by atoms with Crippen molar-refractivity contribution in [3.63, 3.8) is 0 Å². The summed E-state index contributed by atoms with van der Waals surface area (Å²) in [6, 6.07) is 7.02. The lowest BCUT2D eigenvalue weighted by Crippen LogP contribution is -2.45. The topological polar surface area (TPSA) is 110 Å². The molecular weight excluding hydrogens is 296 g/mol. The highest BCUT2D eigenvalue weighted by Gasteiger charge is 2.20. The van der Waals surface area contributed by atoms with E-state index in [1.807, 2.05) is 0 Å². The van der Waals surface area contributed by atoms with Gasteiger partial charge in [0.1, 0.15) is 6.54 Å². The second-order valence-electron chi connectivity index (χ2n) is 6.05. The van der Waals surface area contributed by atoms with Gasteiger partial charge in [0, 0.05) is 12.1 Å². The van der Waals surface area contributed by atoms with Crippen molar-refractivity contribution < 1.29 is 4.79 Å². The Bertz CT molecular complexity index is 831. The van der Waals surface area contributed by atoms with Crippen LogP contribution < -0.4 is 22.3 Å². The number of aromatic nitrogens is 2. The van der Waals surface area contributed by atoms with Crippen molar-refractivity contribution in [2.24, 2.45) is 5.73 Å². The van der Waals surface area contributed by atoms with Gasteiger partial charge in [-0.25, -0.2) is 4.79 Å². The van der Waals surface area contributed by atoms with Gasteiger partial charge in [-0.15, -0.1) is 0 Å². The fourth-order valence-electron chi connectivity index (χ4n) is 3.02. The molecule has 1 aromatic heterocycles. The second kappa shape index (κ2) is 6.37. The molecule has 1 amide bonds. The zero-order chi connectivity index (χ0) is 16.4. The molecule has 0 bridgehead atoms. The molecule has 3 rings (SSSR count). The lowest BCUT2D eigenvalue weighted by Gasteiger charge is -2.26. The first-order valence-corrected chi connectivity index (χ1v) is 7.81. The van der Waals surface area contributed by atoms with Crippen LogP contribution >= 0.6 is 0 Å². The monoisotopic (exact) mass is 316 g/mol. The number of nitrogens with one attached hydrogen (secondary N) is 2. The highest BCUT2D eigenvalue weighted by atomic mass is 16.2. The van der Waals surface area contributed by atoms with Gasteiger partial charge in [0.25, 0.3) is 5.56 Å². The summed E-state index contributed by atoms with van der Waals surface area (Å²) in [5, 5.41) is 3.28. The van der Waals surface area contributed by atoms with E-state index in [1.165, 1.54) is 0 Å². The normalized spacial score (nSPS) is 21.3. The van der Waals surface area contributed by atoms with E-state index in [9.17, 15) is 14.4 Å². The summed E-state index contributed by atoms with van der Waals surface area (Å²) < 4.78 is 0.937. The Hall–Kier alpha value is -2.41. The molecule has 0 aliphatic heterocycles. The Morgan fingerprint density at radius 1 is 1.22 bits per heavy atom. The van der Waals surface area contributed by atoms with Crippen molar-refractivity contribution in [2.45, 2.75) is 44.3 Å². The van der Waals surface area contributed by atoms with Crippen LogP contribution in [-0.2, 0) is 11.3 Å². The molecule has 1 aromatic carbocycles. The molecule has 23 heavy (non-hydrogen) atoms. The third-order valence-corrected chi connectivity index (χ3v) is 4.33. The molecule has 0 saturated heterocycles. The predicted molar refractivity (Wildman–Crippen MR) is 87.2 cm³/mol. The minimum atomic E-state index is -0.575. The van der Waals surface area contributed by atoms with Crippen LogP contribution in [0.2, 0.25) is 0 Å². The summed E-state index contributed by atoms with van der Waals surface area (Å²) in [6.07, 6.45) is 3.41. The van der Waals surface area contributed by atoms with Gasteiger partial charge >= 0.3 is 5.69 Å². The van der Waals surface area contributed by atoms with Gasteiger partial charge in [0.15, 0.2) is 0 Å². The fraction of sp³-hybridized carbons (Fsp3) is 0.438. The predicted octanol–water partition coefficient (Wildman–Crippen LogP) is 0.0759. The fourth-order valence-corrected chi connectivity index (χ4v) is 3.02. The number of aromatic amines is 1. The molecule has 0 unspecified atom stereocenters. The van der Waals surface area contributed by atoms with Crippen molar-refractivity contribution in [2.75, 3.05) is 0 Å². The van der Waals surface area contributed by atoms with Gasteiger partial charge in [-0.05, 0) is 37.8 Å². The third-order valence-electron chi connectivity index (χ3n) is 4.33. The largest absolute Gasteiger partial charge is 0.352 e. The number of hydrogen-bond acceptors (Lipinski definition) is 4. The molecule has 7 heteroatoms. The van der Waals surface area contributed by atoms with Gasteiger partial charge in [0.2, 0.25) is 5.91 Å². The molecule has 0 radical (unpaired) electrons. The molecular formula is C16H20N4O3. The Morgan fingerprint density at radius 2 is 1.91 bits per heavy atom. The molecule has 0 spiro atoms. The number of benzene rings is 1. The number of hydrogen-bond donors (Lipinski definition) is 3. The van der Waals surface area contributed by atoms with E-state index in [1.54, 1.807) is 24.3 Å². The van der Waals surface area contributed by atoms with Gasteiger partial charge < -0.3 is 16.0 Å². The summed E-state index contributed by atoms with van der Waals surface area (Å²) in [4.78, 5) is 39.2. The first kappa shape index (κ1) is 15.5. The quantitative estimate of drug-likeness (QED) is 0.744. The number of rotatable bonds is 3. The number of nitrogens with zero attached hydrogens (tertiary/aromatic N) is 1. The van der Waals surface area contributed by atoms with Crippen LogP contribution in [0.1, 0.15) is 25.7 Å². The zero-order valence-electron chi connectivity index (χ0n) is 12.7. The molecule has 122 valence electrons. The molecule has 1 aliphatic rings.